The van der Waals surface area contributed by atoms with Gasteiger partial charge in [-0.3, -0.25) is 10.9 Å². The number of hydrogen-bond donors (Lipinski definition) is 3. The Morgan fingerprint density at radius 2 is 2.26 bits per heavy atom. The fraction of sp³-hybridized carbons (Fsp3) is 0.846. The van der Waals surface area contributed by atoms with E-state index in [-0.39, 0.29) is 11.6 Å². The van der Waals surface area contributed by atoms with Gasteiger partial charge in [-0.1, -0.05) is 19.3 Å². The molecule has 0 aromatic carbocycles. The van der Waals surface area contributed by atoms with Crippen LogP contribution in [0.3, 0.4) is 0 Å². The molecular weight excluding hydrogens is 242 g/mol. The van der Waals surface area contributed by atoms with E-state index in [0.717, 1.165) is 25.3 Å². The number of nitrogens with zero attached hydrogens (tertiary/aromatic N) is 2. The lowest BCUT2D eigenvalue weighted by molar-refractivity contribution is -0.122. The molecule has 1 aliphatic carbocycles. The van der Waals surface area contributed by atoms with Crippen LogP contribution in [0.1, 0.15) is 56.8 Å². The molecule has 19 heavy (non-hydrogen) atoms. The first kappa shape index (κ1) is 13.0. The van der Waals surface area contributed by atoms with Gasteiger partial charge in [-0.25, -0.2) is 10.4 Å². The molecule has 1 spiro atoms. The third-order valence-corrected chi connectivity index (χ3v) is 4.68. The highest BCUT2D eigenvalue weighted by Gasteiger charge is 2.41. The van der Waals surface area contributed by atoms with Crippen molar-refractivity contribution in [1.29, 1.82) is 0 Å². The lowest BCUT2D eigenvalue weighted by atomic mass is 9.74. The Bertz CT molecular complexity index is 382. The van der Waals surface area contributed by atoms with Crippen LogP contribution in [-0.4, -0.2) is 27.4 Å². The van der Waals surface area contributed by atoms with Crippen molar-refractivity contribution >= 4 is 0 Å². The molecule has 6 heteroatoms. The van der Waals surface area contributed by atoms with Crippen molar-refractivity contribution in [3.63, 3.8) is 0 Å². The van der Waals surface area contributed by atoms with Crippen LogP contribution >= 0.6 is 0 Å². The Labute approximate surface area is 113 Å². The standard InChI is InChI=1S/C13H23N5O/c14-17-11(12-15-9-16-18-12)10-4-7-19-13(8-10)5-2-1-3-6-13/h9-11,17H,1-8,14H2,(H,15,16,18). The van der Waals surface area contributed by atoms with E-state index in [1.807, 2.05) is 0 Å². The van der Waals surface area contributed by atoms with Crippen LogP contribution in [0, 0.1) is 5.92 Å². The Kier molecular flexibility index (Phi) is 3.81. The summed E-state index contributed by atoms with van der Waals surface area (Å²) in [6.45, 7) is 0.830. The van der Waals surface area contributed by atoms with Gasteiger partial charge in [0, 0.05) is 6.61 Å². The van der Waals surface area contributed by atoms with E-state index in [1.54, 1.807) is 0 Å². The molecule has 3 rings (SSSR count). The second-order valence-corrected chi connectivity index (χ2v) is 5.86. The quantitative estimate of drug-likeness (QED) is 0.568. The van der Waals surface area contributed by atoms with E-state index in [0.29, 0.717) is 5.92 Å². The molecule has 2 unspecified atom stereocenters. The summed E-state index contributed by atoms with van der Waals surface area (Å²) in [5, 5.41) is 6.86. The van der Waals surface area contributed by atoms with Crippen LogP contribution in [-0.2, 0) is 4.74 Å². The SMILES string of the molecule is NNC(c1ncn[nH]1)C1CCOC2(CCCCC2)C1. The van der Waals surface area contributed by atoms with Gasteiger partial charge in [-0.15, -0.1) is 0 Å². The lowest BCUT2D eigenvalue weighted by Crippen LogP contribution is -2.46. The van der Waals surface area contributed by atoms with Crippen molar-refractivity contribution in [3.05, 3.63) is 12.2 Å². The maximum absolute atomic E-state index is 6.13. The zero-order valence-electron chi connectivity index (χ0n) is 11.3. The van der Waals surface area contributed by atoms with Crippen molar-refractivity contribution in [1.82, 2.24) is 20.6 Å². The van der Waals surface area contributed by atoms with E-state index in [9.17, 15) is 0 Å². The summed E-state index contributed by atoms with van der Waals surface area (Å²) in [7, 11) is 0. The Hall–Kier alpha value is -0.980. The van der Waals surface area contributed by atoms with Crippen molar-refractivity contribution in [2.75, 3.05) is 6.61 Å². The van der Waals surface area contributed by atoms with Gasteiger partial charge in [-0.05, 0) is 31.6 Å². The summed E-state index contributed by atoms with van der Waals surface area (Å²) < 4.78 is 6.13. The van der Waals surface area contributed by atoms with Gasteiger partial charge in [0.05, 0.1) is 11.6 Å². The van der Waals surface area contributed by atoms with E-state index < -0.39 is 0 Å². The molecule has 2 atom stereocenters. The number of ether oxygens (including phenoxy) is 1. The molecule has 0 radical (unpaired) electrons. The fourth-order valence-electron chi connectivity index (χ4n) is 3.70. The first-order valence-electron chi connectivity index (χ1n) is 7.28. The highest BCUT2D eigenvalue weighted by Crippen LogP contribution is 2.43. The molecule has 6 nitrogen and oxygen atoms in total. The van der Waals surface area contributed by atoms with Gasteiger partial charge in [0.1, 0.15) is 12.2 Å². The molecule has 1 saturated carbocycles. The number of aromatic amines is 1. The van der Waals surface area contributed by atoms with Crippen LogP contribution in [0.15, 0.2) is 6.33 Å². The van der Waals surface area contributed by atoms with Gasteiger partial charge < -0.3 is 4.74 Å². The molecule has 0 amide bonds. The molecule has 0 bridgehead atoms. The minimum Gasteiger partial charge on any atom is -0.375 e. The molecule has 1 aromatic heterocycles. The maximum atomic E-state index is 6.13. The highest BCUT2D eigenvalue weighted by atomic mass is 16.5. The number of nitrogens with one attached hydrogen (secondary N) is 2. The summed E-state index contributed by atoms with van der Waals surface area (Å²) >= 11 is 0. The number of H-pyrrole nitrogens is 1. The summed E-state index contributed by atoms with van der Waals surface area (Å²) in [6, 6.07) is 0.0465. The number of hydrogen-bond acceptors (Lipinski definition) is 5. The normalized spacial score (nSPS) is 28.4. The largest absolute Gasteiger partial charge is 0.375 e. The van der Waals surface area contributed by atoms with Gasteiger partial charge in [0.2, 0.25) is 0 Å². The van der Waals surface area contributed by atoms with Crippen molar-refractivity contribution in [3.8, 4) is 0 Å². The highest BCUT2D eigenvalue weighted by molar-refractivity contribution is 4.99. The molecule has 2 fully saturated rings. The molecule has 4 N–H and O–H groups in total. The molecule has 2 heterocycles. The summed E-state index contributed by atoms with van der Waals surface area (Å²) in [5.74, 6) is 7.03. The smallest absolute Gasteiger partial charge is 0.143 e. The third kappa shape index (κ3) is 2.66. The predicted molar refractivity (Wildman–Crippen MR) is 70.9 cm³/mol. The van der Waals surface area contributed by atoms with E-state index in [1.165, 1.54) is 38.4 Å². The van der Waals surface area contributed by atoms with E-state index in [2.05, 4.69) is 20.6 Å². The Morgan fingerprint density at radius 3 is 2.95 bits per heavy atom. The summed E-state index contributed by atoms with van der Waals surface area (Å²) in [6.07, 6.45) is 9.94. The van der Waals surface area contributed by atoms with Crippen molar-refractivity contribution in [2.24, 2.45) is 11.8 Å². The molecule has 1 aromatic rings. The zero-order valence-corrected chi connectivity index (χ0v) is 11.3. The molecule has 2 aliphatic rings. The number of nitrogens with two attached hydrogens (primary N) is 1. The van der Waals surface area contributed by atoms with Gasteiger partial charge in [0.15, 0.2) is 0 Å². The topological polar surface area (TPSA) is 88.9 Å². The lowest BCUT2D eigenvalue weighted by Gasteiger charge is -2.45. The average Bonchev–Trinajstić information content (AvgIpc) is 2.95. The molecule has 106 valence electrons. The summed E-state index contributed by atoms with van der Waals surface area (Å²) in [4.78, 5) is 4.25. The summed E-state index contributed by atoms with van der Waals surface area (Å²) in [5.41, 5.74) is 3.00. The van der Waals surface area contributed by atoms with E-state index >= 15 is 0 Å². The van der Waals surface area contributed by atoms with Crippen LogP contribution in [0.4, 0.5) is 0 Å². The van der Waals surface area contributed by atoms with Crippen LogP contribution in [0.25, 0.3) is 0 Å². The minimum atomic E-state index is 0.0465. The van der Waals surface area contributed by atoms with Crippen molar-refractivity contribution < 1.29 is 4.74 Å². The van der Waals surface area contributed by atoms with Gasteiger partial charge in [-0.2, -0.15) is 5.10 Å². The minimum absolute atomic E-state index is 0.0465. The first-order chi connectivity index (χ1) is 9.33. The first-order valence-corrected chi connectivity index (χ1v) is 7.28. The third-order valence-electron chi connectivity index (χ3n) is 4.68. The molecular formula is C13H23N5O. The van der Waals surface area contributed by atoms with E-state index in [4.69, 9.17) is 10.6 Å². The fourth-order valence-corrected chi connectivity index (χ4v) is 3.70. The molecule has 1 saturated heterocycles. The second kappa shape index (κ2) is 5.56. The zero-order chi connectivity index (χ0) is 13.1. The Balaban J connectivity index is 1.73. The second-order valence-electron chi connectivity index (χ2n) is 5.86. The number of rotatable bonds is 3. The van der Waals surface area contributed by atoms with Crippen molar-refractivity contribution in [2.45, 2.75) is 56.6 Å². The van der Waals surface area contributed by atoms with Crippen LogP contribution in [0.2, 0.25) is 0 Å². The van der Waals surface area contributed by atoms with Gasteiger partial charge in [0.25, 0.3) is 0 Å². The number of aromatic nitrogens is 3. The Morgan fingerprint density at radius 1 is 1.42 bits per heavy atom. The average molecular weight is 265 g/mol. The van der Waals surface area contributed by atoms with Crippen LogP contribution < -0.4 is 11.3 Å². The maximum Gasteiger partial charge on any atom is 0.143 e. The van der Waals surface area contributed by atoms with Crippen LogP contribution in [0.5, 0.6) is 0 Å². The van der Waals surface area contributed by atoms with Gasteiger partial charge >= 0.3 is 0 Å². The predicted octanol–water partition coefficient (Wildman–Crippen LogP) is 1.44. The number of hydrazine groups is 1. The molecule has 1 aliphatic heterocycles. The monoisotopic (exact) mass is 265 g/mol.